The summed E-state index contributed by atoms with van der Waals surface area (Å²) in [6.07, 6.45) is 11.0. The van der Waals surface area contributed by atoms with Crippen molar-refractivity contribution in [2.45, 2.75) is 76.8 Å². The molecule has 0 aliphatic carbocycles. The Hall–Kier alpha value is -1.15. The molecule has 2 aliphatic rings. The van der Waals surface area contributed by atoms with Crippen molar-refractivity contribution in [3.63, 3.8) is 0 Å². The molecule has 2 aliphatic heterocycles. The van der Waals surface area contributed by atoms with Crippen LogP contribution in [0.3, 0.4) is 0 Å². The topological polar surface area (TPSA) is 20.3 Å². The third-order valence-electron chi connectivity index (χ3n) is 6.03. The van der Waals surface area contributed by atoms with Crippen LogP contribution in [-0.2, 0) is 6.42 Å². The smallest absolute Gasteiger partial charge is 0.166 e. The number of Topliss-reactive ketones (excluding diaryl/α,β-unsaturated/α-hetero) is 1. The average Bonchev–Trinajstić information content (AvgIpc) is 2.79. The highest BCUT2D eigenvalue weighted by Gasteiger charge is 2.40. The Morgan fingerprint density at radius 1 is 1.04 bits per heavy atom. The second-order valence-corrected chi connectivity index (χ2v) is 7.59. The maximum Gasteiger partial charge on any atom is 0.166 e. The van der Waals surface area contributed by atoms with E-state index in [2.05, 4.69) is 43.1 Å². The molecule has 0 radical (unpaired) electrons. The molecule has 2 heterocycles. The van der Waals surface area contributed by atoms with E-state index in [9.17, 15) is 4.79 Å². The number of rotatable bonds is 7. The number of hydrogen-bond donors (Lipinski definition) is 0. The Bertz CT molecular complexity index is 507. The molecule has 1 aromatic rings. The summed E-state index contributed by atoms with van der Waals surface area (Å²) < 4.78 is 0. The molecule has 0 spiro atoms. The Balaban J connectivity index is 1.56. The van der Waals surface area contributed by atoms with Crippen LogP contribution in [0.1, 0.15) is 74.2 Å². The SMILES string of the molecule is CCCCCCc1ccc(C(=O)C2CC3CCC(C2)N3C)cc1. The lowest BCUT2D eigenvalue weighted by atomic mass is 9.85. The van der Waals surface area contributed by atoms with E-state index in [0.29, 0.717) is 17.9 Å². The summed E-state index contributed by atoms with van der Waals surface area (Å²) in [4.78, 5) is 15.3. The van der Waals surface area contributed by atoms with Crippen LogP contribution < -0.4 is 0 Å². The molecule has 0 saturated carbocycles. The van der Waals surface area contributed by atoms with E-state index in [1.54, 1.807) is 0 Å². The predicted molar refractivity (Wildman–Crippen MR) is 95.9 cm³/mol. The molecule has 1 aromatic carbocycles. The standard InChI is InChI=1S/C21H31NO/c1-3-4-5-6-7-16-8-10-17(11-9-16)21(23)18-14-19-12-13-20(15-18)22(19)2/h8-11,18-20H,3-7,12-15H2,1-2H3. The van der Waals surface area contributed by atoms with Crippen LogP contribution >= 0.6 is 0 Å². The third kappa shape index (κ3) is 3.85. The van der Waals surface area contributed by atoms with Gasteiger partial charge in [-0.3, -0.25) is 4.79 Å². The molecule has 2 atom stereocenters. The first kappa shape index (κ1) is 16.7. The number of hydrogen-bond acceptors (Lipinski definition) is 2. The van der Waals surface area contributed by atoms with E-state index in [0.717, 1.165) is 24.8 Å². The fraction of sp³-hybridized carbons (Fsp3) is 0.667. The first-order valence-electron chi connectivity index (χ1n) is 9.54. The number of nitrogens with zero attached hydrogens (tertiary/aromatic N) is 1. The van der Waals surface area contributed by atoms with Gasteiger partial charge in [-0.15, -0.1) is 0 Å². The van der Waals surface area contributed by atoms with Gasteiger partial charge in [-0.05, 0) is 51.1 Å². The van der Waals surface area contributed by atoms with Gasteiger partial charge in [-0.1, -0.05) is 50.5 Å². The van der Waals surface area contributed by atoms with Gasteiger partial charge in [0.2, 0.25) is 0 Å². The fourth-order valence-corrected chi connectivity index (χ4v) is 4.45. The van der Waals surface area contributed by atoms with Gasteiger partial charge in [0.1, 0.15) is 0 Å². The molecule has 2 saturated heterocycles. The van der Waals surface area contributed by atoms with Crippen LogP contribution in [0.4, 0.5) is 0 Å². The highest BCUT2D eigenvalue weighted by molar-refractivity contribution is 5.98. The Morgan fingerprint density at radius 2 is 1.70 bits per heavy atom. The molecule has 3 rings (SSSR count). The lowest BCUT2D eigenvalue weighted by Gasteiger charge is -2.35. The van der Waals surface area contributed by atoms with Crippen LogP contribution in [0.15, 0.2) is 24.3 Å². The van der Waals surface area contributed by atoms with Gasteiger partial charge in [-0.2, -0.15) is 0 Å². The van der Waals surface area contributed by atoms with E-state index in [4.69, 9.17) is 0 Å². The summed E-state index contributed by atoms with van der Waals surface area (Å²) >= 11 is 0. The first-order chi connectivity index (χ1) is 11.2. The minimum atomic E-state index is 0.249. The Labute approximate surface area is 141 Å². The molecule has 0 amide bonds. The van der Waals surface area contributed by atoms with Crippen molar-refractivity contribution < 1.29 is 4.79 Å². The number of carbonyl (C=O) groups is 1. The molecular formula is C21H31NO. The number of benzene rings is 1. The van der Waals surface area contributed by atoms with Crippen molar-refractivity contribution in [2.75, 3.05) is 7.05 Å². The van der Waals surface area contributed by atoms with Crippen molar-refractivity contribution in [1.82, 2.24) is 4.90 Å². The van der Waals surface area contributed by atoms with Crippen molar-refractivity contribution in [3.05, 3.63) is 35.4 Å². The quantitative estimate of drug-likeness (QED) is 0.529. The molecule has 23 heavy (non-hydrogen) atoms. The van der Waals surface area contributed by atoms with E-state index in [1.807, 2.05) is 0 Å². The van der Waals surface area contributed by atoms with Gasteiger partial charge in [0.25, 0.3) is 0 Å². The van der Waals surface area contributed by atoms with Crippen LogP contribution in [0.25, 0.3) is 0 Å². The lowest BCUT2D eigenvalue weighted by Crippen LogP contribution is -2.42. The maximum atomic E-state index is 12.8. The van der Waals surface area contributed by atoms with Gasteiger partial charge in [0, 0.05) is 23.6 Å². The second kappa shape index (κ2) is 7.61. The number of unbranched alkanes of at least 4 members (excludes halogenated alkanes) is 3. The van der Waals surface area contributed by atoms with E-state index in [1.165, 1.54) is 44.1 Å². The second-order valence-electron chi connectivity index (χ2n) is 7.59. The van der Waals surface area contributed by atoms with Crippen LogP contribution in [0.2, 0.25) is 0 Å². The summed E-state index contributed by atoms with van der Waals surface area (Å²) in [6, 6.07) is 9.75. The highest BCUT2D eigenvalue weighted by Crippen LogP contribution is 2.38. The number of piperidine rings is 1. The summed E-state index contributed by atoms with van der Waals surface area (Å²) in [5, 5.41) is 0. The van der Waals surface area contributed by atoms with E-state index < -0.39 is 0 Å². The van der Waals surface area contributed by atoms with Gasteiger partial charge >= 0.3 is 0 Å². The zero-order valence-electron chi connectivity index (χ0n) is 14.8. The van der Waals surface area contributed by atoms with Crippen LogP contribution in [0, 0.1) is 5.92 Å². The normalized spacial score (nSPS) is 27.3. The molecule has 126 valence electrons. The number of fused-ring (bicyclic) bond motifs is 2. The molecule has 0 aromatic heterocycles. The minimum absolute atomic E-state index is 0.249. The zero-order valence-corrected chi connectivity index (χ0v) is 14.8. The monoisotopic (exact) mass is 313 g/mol. The number of ketones is 1. The molecule has 2 fully saturated rings. The molecule has 2 bridgehead atoms. The average molecular weight is 313 g/mol. The van der Waals surface area contributed by atoms with Crippen LogP contribution in [-0.4, -0.2) is 29.8 Å². The fourth-order valence-electron chi connectivity index (χ4n) is 4.45. The van der Waals surface area contributed by atoms with Crippen molar-refractivity contribution in [1.29, 1.82) is 0 Å². The van der Waals surface area contributed by atoms with Gasteiger partial charge in [-0.25, -0.2) is 0 Å². The highest BCUT2D eigenvalue weighted by atomic mass is 16.1. The first-order valence-corrected chi connectivity index (χ1v) is 9.54. The van der Waals surface area contributed by atoms with E-state index in [-0.39, 0.29) is 5.92 Å². The van der Waals surface area contributed by atoms with Gasteiger partial charge in [0.05, 0.1) is 0 Å². The predicted octanol–water partition coefficient (Wildman–Crippen LogP) is 4.86. The van der Waals surface area contributed by atoms with Crippen molar-refractivity contribution in [2.24, 2.45) is 5.92 Å². The number of aryl methyl sites for hydroxylation is 1. The van der Waals surface area contributed by atoms with Gasteiger partial charge in [0.15, 0.2) is 5.78 Å². The van der Waals surface area contributed by atoms with Gasteiger partial charge < -0.3 is 4.90 Å². The summed E-state index contributed by atoms with van der Waals surface area (Å²) in [5.74, 6) is 0.631. The summed E-state index contributed by atoms with van der Waals surface area (Å²) in [5.41, 5.74) is 2.30. The van der Waals surface area contributed by atoms with Crippen molar-refractivity contribution in [3.8, 4) is 0 Å². The van der Waals surface area contributed by atoms with Crippen molar-refractivity contribution >= 4 is 5.78 Å². The zero-order chi connectivity index (χ0) is 16.2. The third-order valence-corrected chi connectivity index (χ3v) is 6.03. The Kier molecular flexibility index (Phi) is 5.53. The molecule has 2 unspecified atom stereocenters. The lowest BCUT2D eigenvalue weighted by molar-refractivity contribution is 0.0767. The molecule has 2 nitrogen and oxygen atoms in total. The minimum Gasteiger partial charge on any atom is -0.300 e. The molecule has 2 heteroatoms. The molecule has 0 N–H and O–H groups in total. The Morgan fingerprint density at radius 3 is 2.30 bits per heavy atom. The maximum absolute atomic E-state index is 12.8. The summed E-state index contributed by atoms with van der Waals surface area (Å²) in [6.45, 7) is 2.25. The number of carbonyl (C=O) groups excluding carboxylic acids is 1. The molecular weight excluding hydrogens is 282 g/mol. The summed E-state index contributed by atoms with van der Waals surface area (Å²) in [7, 11) is 2.23. The largest absolute Gasteiger partial charge is 0.300 e. The van der Waals surface area contributed by atoms with E-state index >= 15 is 0 Å². The van der Waals surface area contributed by atoms with Crippen LogP contribution in [0.5, 0.6) is 0 Å².